The standard InChI is InChI=1S/C18H23N3O4/c1-11-7-8-14(21(11)4)17(22)19-13-10-16(25-6)15(24-5)9-12(13)18(23)20(2)3/h7-10H,1-6H3,(H,19,22). The second-order valence-corrected chi connectivity index (χ2v) is 5.83. The van der Waals surface area contributed by atoms with Crippen molar-refractivity contribution in [1.29, 1.82) is 0 Å². The van der Waals surface area contributed by atoms with Crippen LogP contribution in [0.4, 0.5) is 5.69 Å². The van der Waals surface area contributed by atoms with Crippen molar-refractivity contribution in [3.63, 3.8) is 0 Å². The number of nitrogens with zero attached hydrogens (tertiary/aromatic N) is 2. The van der Waals surface area contributed by atoms with Gasteiger partial charge in [0.1, 0.15) is 5.69 Å². The molecule has 2 aromatic rings. The summed E-state index contributed by atoms with van der Waals surface area (Å²) in [4.78, 5) is 26.5. The number of amides is 2. The number of aromatic nitrogens is 1. The Labute approximate surface area is 147 Å². The minimum Gasteiger partial charge on any atom is -0.493 e. The number of rotatable bonds is 5. The second kappa shape index (κ2) is 7.29. The molecule has 7 nitrogen and oxygen atoms in total. The summed E-state index contributed by atoms with van der Waals surface area (Å²) in [6, 6.07) is 6.74. The van der Waals surface area contributed by atoms with Gasteiger partial charge in [-0.2, -0.15) is 0 Å². The van der Waals surface area contributed by atoms with Gasteiger partial charge in [-0.1, -0.05) is 0 Å². The minimum atomic E-state index is -0.310. The maximum absolute atomic E-state index is 12.6. The van der Waals surface area contributed by atoms with Crippen LogP contribution in [0.5, 0.6) is 11.5 Å². The van der Waals surface area contributed by atoms with E-state index in [1.165, 1.54) is 19.1 Å². The molecular weight excluding hydrogens is 322 g/mol. The lowest BCUT2D eigenvalue weighted by Gasteiger charge is -2.18. The fourth-order valence-electron chi connectivity index (χ4n) is 2.43. The van der Waals surface area contributed by atoms with Crippen LogP contribution in [-0.2, 0) is 7.05 Å². The summed E-state index contributed by atoms with van der Waals surface area (Å²) in [5.41, 5.74) is 2.14. The summed E-state index contributed by atoms with van der Waals surface area (Å²) in [6.07, 6.45) is 0. The number of carbonyl (C=O) groups excluding carboxylic acids is 2. The topological polar surface area (TPSA) is 72.8 Å². The molecule has 1 heterocycles. The molecule has 0 aliphatic heterocycles. The van der Waals surface area contributed by atoms with Gasteiger partial charge in [0.15, 0.2) is 11.5 Å². The first-order valence-electron chi connectivity index (χ1n) is 7.71. The Morgan fingerprint density at radius 2 is 1.68 bits per heavy atom. The molecule has 0 aliphatic carbocycles. The highest BCUT2D eigenvalue weighted by molar-refractivity contribution is 6.09. The molecule has 0 bridgehead atoms. The van der Waals surface area contributed by atoms with Gasteiger partial charge < -0.3 is 24.3 Å². The first kappa shape index (κ1) is 18.4. The van der Waals surface area contributed by atoms with Crippen molar-refractivity contribution in [1.82, 2.24) is 9.47 Å². The van der Waals surface area contributed by atoms with Crippen LogP contribution in [0, 0.1) is 6.92 Å². The maximum Gasteiger partial charge on any atom is 0.272 e. The molecule has 7 heteroatoms. The van der Waals surface area contributed by atoms with Crippen LogP contribution >= 0.6 is 0 Å². The van der Waals surface area contributed by atoms with E-state index in [2.05, 4.69) is 5.32 Å². The van der Waals surface area contributed by atoms with Gasteiger partial charge in [0, 0.05) is 32.9 Å². The van der Waals surface area contributed by atoms with Gasteiger partial charge in [-0.15, -0.1) is 0 Å². The van der Waals surface area contributed by atoms with Crippen molar-refractivity contribution in [2.24, 2.45) is 7.05 Å². The highest BCUT2D eigenvalue weighted by Gasteiger charge is 2.21. The fourth-order valence-corrected chi connectivity index (χ4v) is 2.43. The summed E-state index contributed by atoms with van der Waals surface area (Å²) in [6.45, 7) is 1.91. The zero-order valence-corrected chi connectivity index (χ0v) is 15.3. The van der Waals surface area contributed by atoms with Crippen molar-refractivity contribution in [2.45, 2.75) is 6.92 Å². The molecule has 0 saturated carbocycles. The molecule has 1 aromatic carbocycles. The van der Waals surface area contributed by atoms with E-state index in [0.717, 1.165) is 5.69 Å². The minimum absolute atomic E-state index is 0.251. The number of hydrogen-bond acceptors (Lipinski definition) is 4. The van der Waals surface area contributed by atoms with E-state index in [4.69, 9.17) is 9.47 Å². The Kier molecular flexibility index (Phi) is 5.36. The van der Waals surface area contributed by atoms with Gasteiger partial charge in [0.2, 0.25) is 0 Å². The van der Waals surface area contributed by atoms with Crippen LogP contribution in [0.2, 0.25) is 0 Å². The average Bonchev–Trinajstić information content (AvgIpc) is 2.92. The molecule has 134 valence electrons. The normalized spacial score (nSPS) is 10.3. The van der Waals surface area contributed by atoms with Gasteiger partial charge in [-0.3, -0.25) is 9.59 Å². The summed E-state index contributed by atoms with van der Waals surface area (Å²) in [7, 11) is 8.09. The van der Waals surface area contributed by atoms with E-state index in [0.29, 0.717) is 28.4 Å². The lowest BCUT2D eigenvalue weighted by Crippen LogP contribution is -2.24. The molecule has 0 saturated heterocycles. The summed E-state index contributed by atoms with van der Waals surface area (Å²) in [5, 5.41) is 2.80. The first-order chi connectivity index (χ1) is 11.8. The molecule has 0 fully saturated rings. The molecule has 1 N–H and O–H groups in total. The molecule has 2 amide bonds. The monoisotopic (exact) mass is 345 g/mol. The van der Waals surface area contributed by atoms with Gasteiger partial charge >= 0.3 is 0 Å². The summed E-state index contributed by atoms with van der Waals surface area (Å²) >= 11 is 0. The smallest absolute Gasteiger partial charge is 0.272 e. The predicted molar refractivity (Wildman–Crippen MR) is 95.7 cm³/mol. The predicted octanol–water partition coefficient (Wildman–Crippen LogP) is 2.30. The van der Waals surface area contributed by atoms with Crippen LogP contribution < -0.4 is 14.8 Å². The largest absolute Gasteiger partial charge is 0.493 e. The van der Waals surface area contributed by atoms with Crippen LogP contribution in [0.3, 0.4) is 0 Å². The number of anilines is 1. The van der Waals surface area contributed by atoms with Crippen molar-refractivity contribution in [2.75, 3.05) is 33.6 Å². The van der Waals surface area contributed by atoms with E-state index >= 15 is 0 Å². The number of benzene rings is 1. The zero-order chi connectivity index (χ0) is 18.7. The third-order valence-corrected chi connectivity index (χ3v) is 4.01. The quantitative estimate of drug-likeness (QED) is 0.902. The van der Waals surface area contributed by atoms with Crippen LogP contribution in [0.15, 0.2) is 24.3 Å². The van der Waals surface area contributed by atoms with E-state index in [1.807, 2.05) is 20.0 Å². The van der Waals surface area contributed by atoms with E-state index < -0.39 is 0 Å². The third-order valence-electron chi connectivity index (χ3n) is 4.01. The lowest BCUT2D eigenvalue weighted by molar-refractivity contribution is 0.0828. The van der Waals surface area contributed by atoms with Gasteiger partial charge in [0.25, 0.3) is 11.8 Å². The third kappa shape index (κ3) is 3.60. The summed E-state index contributed by atoms with van der Waals surface area (Å²) < 4.78 is 12.3. The van der Waals surface area contributed by atoms with Crippen molar-refractivity contribution in [3.8, 4) is 11.5 Å². The van der Waals surface area contributed by atoms with E-state index in [9.17, 15) is 9.59 Å². The number of aryl methyl sites for hydroxylation is 1. The van der Waals surface area contributed by atoms with Crippen molar-refractivity contribution in [3.05, 3.63) is 41.2 Å². The van der Waals surface area contributed by atoms with Gasteiger partial charge in [-0.05, 0) is 25.1 Å². The zero-order valence-electron chi connectivity index (χ0n) is 15.3. The number of nitrogens with one attached hydrogen (secondary N) is 1. The molecule has 0 radical (unpaired) electrons. The highest BCUT2D eigenvalue weighted by Crippen LogP contribution is 2.34. The molecule has 2 rings (SSSR count). The Balaban J connectivity index is 2.49. The van der Waals surface area contributed by atoms with Crippen LogP contribution in [-0.4, -0.2) is 49.6 Å². The summed E-state index contributed by atoms with van der Waals surface area (Å²) in [5.74, 6) is 0.284. The number of ether oxygens (including phenoxy) is 2. The number of methoxy groups -OCH3 is 2. The van der Waals surface area contributed by atoms with Gasteiger partial charge in [-0.25, -0.2) is 0 Å². The Morgan fingerprint density at radius 1 is 1.08 bits per heavy atom. The molecular formula is C18H23N3O4. The Hall–Kier alpha value is -2.96. The second-order valence-electron chi connectivity index (χ2n) is 5.83. The Morgan fingerprint density at radius 3 is 2.16 bits per heavy atom. The Bertz CT molecular complexity index is 809. The van der Waals surface area contributed by atoms with Crippen molar-refractivity contribution >= 4 is 17.5 Å². The molecule has 0 atom stereocenters. The molecule has 1 aromatic heterocycles. The molecule has 25 heavy (non-hydrogen) atoms. The number of hydrogen-bond donors (Lipinski definition) is 1. The molecule has 0 unspecified atom stereocenters. The average molecular weight is 345 g/mol. The molecule has 0 aliphatic rings. The first-order valence-corrected chi connectivity index (χ1v) is 7.71. The van der Waals surface area contributed by atoms with E-state index in [1.54, 1.807) is 36.9 Å². The maximum atomic E-state index is 12.6. The van der Waals surface area contributed by atoms with Crippen molar-refractivity contribution < 1.29 is 19.1 Å². The van der Waals surface area contributed by atoms with Crippen LogP contribution in [0.1, 0.15) is 26.5 Å². The fraction of sp³-hybridized carbons (Fsp3) is 0.333. The SMILES string of the molecule is COc1cc(NC(=O)c2ccc(C)n2C)c(C(=O)N(C)C)cc1OC. The van der Waals surface area contributed by atoms with Gasteiger partial charge in [0.05, 0.1) is 25.5 Å². The van der Waals surface area contributed by atoms with Crippen LogP contribution in [0.25, 0.3) is 0 Å². The lowest BCUT2D eigenvalue weighted by atomic mass is 10.1. The molecule has 0 spiro atoms. The number of carbonyl (C=O) groups is 2. The highest BCUT2D eigenvalue weighted by atomic mass is 16.5. The van der Waals surface area contributed by atoms with E-state index in [-0.39, 0.29) is 11.8 Å².